The number of benzene rings is 2. The van der Waals surface area contributed by atoms with Crippen LogP contribution in [0.3, 0.4) is 0 Å². The standard InChI is InChI=1S/C25H20BrFN2O5S/c1-4-34-24(33)22-13(3)28-25(35-22)29-19(14-6-5-7-16(26)10-14)18(21(31)23(29)32)20(30)15-9-8-12(2)17(27)11-15/h5-11,19,30H,4H2,1-3H3/b20-18+. The zero-order valence-electron chi connectivity index (χ0n) is 19.0. The molecule has 1 aliphatic heterocycles. The van der Waals surface area contributed by atoms with Crippen LogP contribution in [-0.2, 0) is 14.3 Å². The Morgan fingerprint density at radius 1 is 1.23 bits per heavy atom. The van der Waals surface area contributed by atoms with Crippen molar-refractivity contribution in [3.8, 4) is 0 Å². The lowest BCUT2D eigenvalue weighted by molar-refractivity contribution is -0.132. The van der Waals surface area contributed by atoms with Gasteiger partial charge in [-0.1, -0.05) is 51.5 Å². The van der Waals surface area contributed by atoms with E-state index in [9.17, 15) is 23.9 Å². The molecule has 1 N–H and O–H groups in total. The maximum atomic E-state index is 14.2. The molecule has 2 heterocycles. The van der Waals surface area contributed by atoms with Gasteiger partial charge in [-0.3, -0.25) is 14.5 Å². The highest BCUT2D eigenvalue weighted by Gasteiger charge is 2.48. The number of ketones is 1. The van der Waals surface area contributed by atoms with E-state index in [2.05, 4.69) is 20.9 Å². The van der Waals surface area contributed by atoms with E-state index in [1.54, 1.807) is 45.0 Å². The van der Waals surface area contributed by atoms with Crippen molar-refractivity contribution in [1.82, 2.24) is 4.98 Å². The summed E-state index contributed by atoms with van der Waals surface area (Å²) in [4.78, 5) is 44.5. The van der Waals surface area contributed by atoms with Crippen molar-refractivity contribution < 1.29 is 28.6 Å². The fraction of sp³-hybridized carbons (Fsp3) is 0.200. The van der Waals surface area contributed by atoms with Gasteiger partial charge in [0.05, 0.1) is 23.9 Å². The van der Waals surface area contributed by atoms with Crippen molar-refractivity contribution >= 4 is 55.8 Å². The number of aryl methyl sites for hydroxylation is 2. The molecular weight excluding hydrogens is 539 g/mol. The number of halogens is 2. The summed E-state index contributed by atoms with van der Waals surface area (Å²) in [5.41, 5.74) is 1.09. The Morgan fingerprint density at radius 3 is 2.63 bits per heavy atom. The monoisotopic (exact) mass is 558 g/mol. The normalized spacial score (nSPS) is 17.2. The Bertz CT molecular complexity index is 1400. The number of amides is 1. The van der Waals surface area contributed by atoms with E-state index >= 15 is 0 Å². The third-order valence-corrected chi connectivity index (χ3v) is 7.14. The van der Waals surface area contributed by atoms with Gasteiger partial charge < -0.3 is 9.84 Å². The molecule has 0 radical (unpaired) electrons. The first-order chi connectivity index (χ1) is 16.6. The molecule has 1 aliphatic rings. The number of carbonyl (C=O) groups is 3. The number of anilines is 1. The predicted molar refractivity (Wildman–Crippen MR) is 133 cm³/mol. The minimum absolute atomic E-state index is 0.0635. The second kappa shape index (κ2) is 9.71. The minimum Gasteiger partial charge on any atom is -0.507 e. The maximum absolute atomic E-state index is 14.2. The second-order valence-electron chi connectivity index (χ2n) is 7.82. The van der Waals surface area contributed by atoms with Gasteiger partial charge in [-0.15, -0.1) is 0 Å². The Hall–Kier alpha value is -3.37. The van der Waals surface area contributed by atoms with Gasteiger partial charge >= 0.3 is 11.9 Å². The number of esters is 1. The highest BCUT2D eigenvalue weighted by Crippen LogP contribution is 2.44. The van der Waals surface area contributed by atoms with Crippen LogP contribution < -0.4 is 4.90 Å². The molecule has 35 heavy (non-hydrogen) atoms. The largest absolute Gasteiger partial charge is 0.507 e. The molecular formula is C25H20BrFN2O5S. The van der Waals surface area contributed by atoms with Crippen molar-refractivity contribution in [2.45, 2.75) is 26.8 Å². The van der Waals surface area contributed by atoms with E-state index in [4.69, 9.17) is 4.74 Å². The Balaban J connectivity index is 1.93. The summed E-state index contributed by atoms with van der Waals surface area (Å²) in [5.74, 6) is -3.52. The van der Waals surface area contributed by atoms with Crippen LogP contribution in [0.1, 0.15) is 45.0 Å². The lowest BCUT2D eigenvalue weighted by Gasteiger charge is -2.23. The number of aromatic nitrogens is 1. The third-order valence-electron chi connectivity index (χ3n) is 5.51. The molecule has 0 spiro atoms. The van der Waals surface area contributed by atoms with Gasteiger partial charge in [0.2, 0.25) is 0 Å². The Morgan fingerprint density at radius 2 is 1.97 bits per heavy atom. The Kier molecular flexibility index (Phi) is 6.86. The molecule has 0 aliphatic carbocycles. The predicted octanol–water partition coefficient (Wildman–Crippen LogP) is 5.46. The molecule has 180 valence electrons. The van der Waals surface area contributed by atoms with Crippen LogP contribution in [-0.4, -0.2) is 34.4 Å². The SMILES string of the molecule is CCOC(=O)c1sc(N2C(=O)C(=O)/C(=C(/O)c3ccc(C)c(F)c3)C2c2cccc(Br)c2)nc1C. The first-order valence-corrected chi connectivity index (χ1v) is 12.2. The lowest BCUT2D eigenvalue weighted by Crippen LogP contribution is -2.29. The van der Waals surface area contributed by atoms with E-state index in [1.807, 2.05) is 0 Å². The molecule has 0 bridgehead atoms. The summed E-state index contributed by atoms with van der Waals surface area (Å²) in [5, 5.41) is 11.2. The van der Waals surface area contributed by atoms with Crippen LogP contribution >= 0.6 is 27.3 Å². The maximum Gasteiger partial charge on any atom is 0.350 e. The van der Waals surface area contributed by atoms with Crippen molar-refractivity contribution in [3.63, 3.8) is 0 Å². The van der Waals surface area contributed by atoms with Gasteiger partial charge in [-0.2, -0.15) is 0 Å². The molecule has 2 aromatic carbocycles. The molecule has 7 nitrogen and oxygen atoms in total. The van der Waals surface area contributed by atoms with E-state index in [-0.39, 0.29) is 27.8 Å². The summed E-state index contributed by atoms with van der Waals surface area (Å²) in [6.45, 7) is 5.02. The number of aliphatic hydroxyl groups is 1. The minimum atomic E-state index is -1.06. The topological polar surface area (TPSA) is 96.8 Å². The molecule has 4 rings (SSSR count). The number of ether oxygens (including phenoxy) is 1. The highest BCUT2D eigenvalue weighted by molar-refractivity contribution is 9.10. The smallest absolute Gasteiger partial charge is 0.350 e. The average Bonchev–Trinajstić information content (AvgIpc) is 3.32. The number of Topliss-reactive ketones (excluding diaryl/α,β-unsaturated/α-hetero) is 1. The Labute approximate surface area is 213 Å². The van der Waals surface area contributed by atoms with Crippen LogP contribution in [0.5, 0.6) is 0 Å². The van der Waals surface area contributed by atoms with Gasteiger partial charge in [0.15, 0.2) is 5.13 Å². The van der Waals surface area contributed by atoms with Crippen molar-refractivity contribution in [1.29, 1.82) is 0 Å². The van der Waals surface area contributed by atoms with Crippen molar-refractivity contribution in [2.75, 3.05) is 11.5 Å². The van der Waals surface area contributed by atoms with E-state index < -0.39 is 35.3 Å². The molecule has 1 saturated heterocycles. The molecule has 0 saturated carbocycles. The average molecular weight is 559 g/mol. The molecule has 1 aromatic heterocycles. The van der Waals surface area contributed by atoms with Crippen molar-refractivity contribution in [2.24, 2.45) is 0 Å². The highest BCUT2D eigenvalue weighted by atomic mass is 79.9. The number of aliphatic hydroxyl groups excluding tert-OH is 1. The third kappa shape index (κ3) is 4.51. The van der Waals surface area contributed by atoms with Crippen molar-refractivity contribution in [3.05, 3.63) is 85.6 Å². The van der Waals surface area contributed by atoms with E-state index in [1.165, 1.54) is 12.1 Å². The first-order valence-electron chi connectivity index (χ1n) is 10.6. The molecule has 1 fully saturated rings. The molecule has 3 aromatic rings. The van der Waals surface area contributed by atoms with Crippen LogP contribution in [0.2, 0.25) is 0 Å². The zero-order valence-corrected chi connectivity index (χ0v) is 21.4. The number of rotatable bonds is 5. The molecule has 1 unspecified atom stereocenters. The van der Waals surface area contributed by atoms with Gasteiger partial charge in [0.1, 0.15) is 16.5 Å². The van der Waals surface area contributed by atoms with Gasteiger partial charge in [0.25, 0.3) is 5.78 Å². The van der Waals surface area contributed by atoms with E-state index in [0.29, 0.717) is 21.3 Å². The molecule has 1 atom stereocenters. The summed E-state index contributed by atoms with van der Waals surface area (Å²) in [6, 6.07) is 9.92. The van der Waals surface area contributed by atoms with Crippen LogP contribution in [0.25, 0.3) is 5.76 Å². The number of hydrogen-bond donors (Lipinski definition) is 1. The zero-order chi connectivity index (χ0) is 25.4. The van der Waals surface area contributed by atoms with Gasteiger partial charge in [-0.05, 0) is 50.1 Å². The molecule has 10 heteroatoms. The number of carbonyl (C=O) groups excluding carboxylic acids is 3. The van der Waals surface area contributed by atoms with E-state index in [0.717, 1.165) is 22.3 Å². The first kappa shape index (κ1) is 24.7. The fourth-order valence-electron chi connectivity index (χ4n) is 3.79. The second-order valence-corrected chi connectivity index (χ2v) is 9.71. The number of hydrogen-bond acceptors (Lipinski definition) is 7. The quantitative estimate of drug-likeness (QED) is 0.193. The number of thiazole rings is 1. The lowest BCUT2D eigenvalue weighted by atomic mass is 9.95. The summed E-state index contributed by atoms with van der Waals surface area (Å²) >= 11 is 4.31. The fourth-order valence-corrected chi connectivity index (χ4v) is 5.19. The van der Waals surface area contributed by atoms with Crippen LogP contribution in [0, 0.1) is 19.7 Å². The van der Waals surface area contributed by atoms with Gasteiger partial charge in [0, 0.05) is 10.0 Å². The number of nitrogens with zero attached hydrogens (tertiary/aromatic N) is 2. The van der Waals surface area contributed by atoms with Gasteiger partial charge in [-0.25, -0.2) is 14.2 Å². The summed E-state index contributed by atoms with van der Waals surface area (Å²) in [7, 11) is 0. The van der Waals surface area contributed by atoms with Crippen LogP contribution in [0.4, 0.5) is 9.52 Å². The summed E-state index contributed by atoms with van der Waals surface area (Å²) < 4.78 is 20.0. The summed E-state index contributed by atoms with van der Waals surface area (Å²) in [6.07, 6.45) is 0. The van der Waals surface area contributed by atoms with Crippen LogP contribution in [0.15, 0.2) is 52.5 Å². The molecule has 1 amide bonds.